The van der Waals surface area contributed by atoms with Gasteiger partial charge in [0.05, 0.1) is 6.61 Å². The minimum atomic E-state index is -5.03. The molecule has 1 atom stereocenters. The number of ether oxygens (including phenoxy) is 1. The molecule has 0 saturated heterocycles. The minimum absolute atomic E-state index is 0.0376. The molecule has 4 nitrogen and oxygen atoms in total. The Morgan fingerprint density at radius 3 is 2.35 bits per heavy atom. The van der Waals surface area contributed by atoms with Gasteiger partial charge in [-0.2, -0.15) is 13.2 Å². The van der Waals surface area contributed by atoms with E-state index in [1.165, 1.54) is 0 Å². The molecule has 0 aromatic heterocycles. The number of rotatable bonds is 7. The molecule has 0 radical (unpaired) electrons. The van der Waals surface area contributed by atoms with Gasteiger partial charge in [-0.05, 0) is 12.0 Å². The summed E-state index contributed by atoms with van der Waals surface area (Å²) in [5.74, 6) is -2.90. The Bertz CT molecular complexity index is 517. The number of likely N-dealkylation sites (N-methyl/N-ethyl adjacent to an activating group) is 1. The largest absolute Gasteiger partial charge is 0.471 e. The van der Waals surface area contributed by atoms with Crippen LogP contribution in [0.4, 0.5) is 13.2 Å². The third-order valence-electron chi connectivity index (χ3n) is 3.32. The van der Waals surface area contributed by atoms with Crippen molar-refractivity contribution in [1.82, 2.24) is 4.90 Å². The van der Waals surface area contributed by atoms with Gasteiger partial charge < -0.3 is 9.64 Å². The van der Waals surface area contributed by atoms with Crippen molar-refractivity contribution in [3.05, 3.63) is 35.9 Å². The number of halogens is 3. The Morgan fingerprint density at radius 2 is 1.83 bits per heavy atom. The smallest absolute Gasteiger partial charge is 0.464 e. The second kappa shape index (κ2) is 8.55. The van der Waals surface area contributed by atoms with Crippen LogP contribution in [0.25, 0.3) is 0 Å². The Labute approximate surface area is 133 Å². The molecule has 128 valence electrons. The average molecular weight is 331 g/mol. The Morgan fingerprint density at radius 1 is 1.22 bits per heavy atom. The van der Waals surface area contributed by atoms with Crippen molar-refractivity contribution < 1.29 is 27.5 Å². The maximum absolute atomic E-state index is 12.6. The lowest BCUT2D eigenvalue weighted by Crippen LogP contribution is -2.49. The van der Waals surface area contributed by atoms with Crippen LogP contribution < -0.4 is 0 Å². The third-order valence-corrected chi connectivity index (χ3v) is 3.32. The lowest BCUT2D eigenvalue weighted by Gasteiger charge is -2.27. The molecule has 0 bridgehead atoms. The quantitative estimate of drug-likeness (QED) is 0.570. The van der Waals surface area contributed by atoms with Gasteiger partial charge in [0.15, 0.2) is 0 Å². The summed E-state index contributed by atoms with van der Waals surface area (Å²) in [6, 6.07) is 7.21. The van der Waals surface area contributed by atoms with Crippen LogP contribution in [-0.4, -0.2) is 42.6 Å². The molecule has 0 aliphatic heterocycles. The molecule has 23 heavy (non-hydrogen) atoms. The van der Waals surface area contributed by atoms with E-state index in [4.69, 9.17) is 4.74 Å². The first-order chi connectivity index (χ1) is 10.8. The fourth-order valence-corrected chi connectivity index (χ4v) is 1.97. The monoisotopic (exact) mass is 331 g/mol. The SMILES string of the molecule is CCCCOC(=O)C(Cc1ccccc1)N(C)C(=O)C(F)(F)F. The predicted molar refractivity (Wildman–Crippen MR) is 78.6 cm³/mol. The first-order valence-electron chi connectivity index (χ1n) is 7.32. The van der Waals surface area contributed by atoms with Crippen LogP contribution in [0.5, 0.6) is 0 Å². The summed E-state index contributed by atoms with van der Waals surface area (Å²) in [5.41, 5.74) is 0.645. The fraction of sp³-hybridized carbons (Fsp3) is 0.500. The van der Waals surface area contributed by atoms with Crippen molar-refractivity contribution in [2.45, 2.75) is 38.4 Å². The van der Waals surface area contributed by atoms with Gasteiger partial charge in [-0.15, -0.1) is 0 Å². The summed E-state index contributed by atoms with van der Waals surface area (Å²) >= 11 is 0. The molecule has 0 aliphatic carbocycles. The number of carbonyl (C=O) groups excluding carboxylic acids is 2. The lowest BCUT2D eigenvalue weighted by atomic mass is 10.0. The maximum Gasteiger partial charge on any atom is 0.471 e. The normalized spacial score (nSPS) is 12.6. The highest BCUT2D eigenvalue weighted by Crippen LogP contribution is 2.21. The number of hydrogen-bond donors (Lipinski definition) is 0. The number of nitrogens with zero attached hydrogens (tertiary/aromatic N) is 1. The van der Waals surface area contributed by atoms with Crippen LogP contribution in [-0.2, 0) is 20.7 Å². The molecule has 1 unspecified atom stereocenters. The molecule has 1 aromatic carbocycles. The average Bonchev–Trinajstić information content (AvgIpc) is 2.51. The van der Waals surface area contributed by atoms with Gasteiger partial charge in [-0.1, -0.05) is 43.7 Å². The molecule has 0 saturated carbocycles. The van der Waals surface area contributed by atoms with Gasteiger partial charge in [0.2, 0.25) is 0 Å². The molecule has 0 heterocycles. The minimum Gasteiger partial charge on any atom is -0.464 e. The van der Waals surface area contributed by atoms with Crippen LogP contribution in [0, 0.1) is 0 Å². The predicted octanol–water partition coefficient (Wildman–Crippen LogP) is 2.96. The standard InChI is InChI=1S/C16H20F3NO3/c1-3-4-10-23-14(21)13(11-12-8-6-5-7-9-12)20(2)15(22)16(17,18)19/h5-9,13H,3-4,10-11H2,1-2H3. The summed E-state index contributed by atoms with van der Waals surface area (Å²) in [5, 5.41) is 0. The van der Waals surface area contributed by atoms with E-state index in [1.807, 2.05) is 6.92 Å². The van der Waals surface area contributed by atoms with Crippen molar-refractivity contribution in [2.24, 2.45) is 0 Å². The second-order valence-corrected chi connectivity index (χ2v) is 5.14. The zero-order valence-electron chi connectivity index (χ0n) is 13.1. The van der Waals surface area contributed by atoms with Crippen LogP contribution in [0.2, 0.25) is 0 Å². The molecule has 0 fully saturated rings. The number of carbonyl (C=O) groups is 2. The lowest BCUT2D eigenvalue weighted by molar-refractivity contribution is -0.188. The molecule has 0 N–H and O–H groups in total. The van der Waals surface area contributed by atoms with E-state index in [0.29, 0.717) is 16.9 Å². The maximum atomic E-state index is 12.6. The van der Waals surface area contributed by atoms with Gasteiger partial charge in [0.1, 0.15) is 6.04 Å². The highest BCUT2D eigenvalue weighted by molar-refractivity contribution is 5.87. The molecule has 1 rings (SSSR count). The van der Waals surface area contributed by atoms with Crippen molar-refractivity contribution in [3.8, 4) is 0 Å². The van der Waals surface area contributed by atoms with E-state index in [1.54, 1.807) is 30.3 Å². The zero-order chi connectivity index (χ0) is 17.5. The van der Waals surface area contributed by atoms with E-state index in [-0.39, 0.29) is 13.0 Å². The molecule has 0 aliphatic rings. The summed E-state index contributed by atoms with van der Waals surface area (Å²) in [7, 11) is 0.963. The van der Waals surface area contributed by atoms with Crippen molar-refractivity contribution in [1.29, 1.82) is 0 Å². The van der Waals surface area contributed by atoms with E-state index in [9.17, 15) is 22.8 Å². The van der Waals surface area contributed by atoms with Crippen molar-refractivity contribution >= 4 is 11.9 Å². The third kappa shape index (κ3) is 5.92. The summed E-state index contributed by atoms with van der Waals surface area (Å²) in [4.78, 5) is 23.9. The topological polar surface area (TPSA) is 46.6 Å². The Hall–Kier alpha value is -2.05. The number of unbranched alkanes of at least 4 members (excludes halogenated alkanes) is 1. The van der Waals surface area contributed by atoms with Gasteiger partial charge in [0.25, 0.3) is 0 Å². The van der Waals surface area contributed by atoms with Gasteiger partial charge in [0, 0.05) is 13.5 Å². The number of benzene rings is 1. The molecule has 0 spiro atoms. The van der Waals surface area contributed by atoms with E-state index in [2.05, 4.69) is 0 Å². The highest BCUT2D eigenvalue weighted by Gasteiger charge is 2.44. The fourth-order valence-electron chi connectivity index (χ4n) is 1.97. The first-order valence-corrected chi connectivity index (χ1v) is 7.32. The summed E-state index contributed by atoms with van der Waals surface area (Å²) < 4.78 is 42.9. The number of hydrogen-bond acceptors (Lipinski definition) is 3. The van der Waals surface area contributed by atoms with E-state index >= 15 is 0 Å². The van der Waals surface area contributed by atoms with Crippen LogP contribution in [0.1, 0.15) is 25.3 Å². The summed E-state index contributed by atoms with van der Waals surface area (Å²) in [6.07, 6.45) is -3.67. The van der Waals surface area contributed by atoms with Crippen LogP contribution in [0.3, 0.4) is 0 Å². The second-order valence-electron chi connectivity index (χ2n) is 5.14. The Kier molecular flexibility index (Phi) is 7.06. The van der Waals surface area contributed by atoms with Gasteiger partial charge in [-0.3, -0.25) is 4.79 Å². The highest BCUT2D eigenvalue weighted by atomic mass is 19.4. The molecule has 1 aromatic rings. The van der Waals surface area contributed by atoms with Crippen molar-refractivity contribution in [2.75, 3.05) is 13.7 Å². The van der Waals surface area contributed by atoms with Crippen LogP contribution in [0.15, 0.2) is 30.3 Å². The zero-order valence-corrected chi connectivity index (χ0v) is 13.1. The van der Waals surface area contributed by atoms with Gasteiger partial charge >= 0.3 is 18.1 Å². The number of amides is 1. The van der Waals surface area contributed by atoms with E-state index in [0.717, 1.165) is 13.5 Å². The van der Waals surface area contributed by atoms with Crippen molar-refractivity contribution in [3.63, 3.8) is 0 Å². The molecule has 7 heteroatoms. The molecule has 1 amide bonds. The van der Waals surface area contributed by atoms with Gasteiger partial charge in [-0.25, -0.2) is 4.79 Å². The summed E-state index contributed by atoms with van der Waals surface area (Å²) in [6.45, 7) is 2.02. The molecular weight excluding hydrogens is 311 g/mol. The van der Waals surface area contributed by atoms with E-state index < -0.39 is 24.1 Å². The van der Waals surface area contributed by atoms with Crippen LogP contribution >= 0.6 is 0 Å². The Balaban J connectivity index is 2.91. The first kappa shape index (κ1) is 19.0. The molecular formula is C16H20F3NO3. The number of alkyl halides is 3. The number of esters is 1.